The van der Waals surface area contributed by atoms with Crippen LogP contribution in [0.15, 0.2) is 12.7 Å². The van der Waals surface area contributed by atoms with Crippen LogP contribution in [-0.2, 0) is 4.74 Å². The Morgan fingerprint density at radius 2 is 2.15 bits per heavy atom. The van der Waals surface area contributed by atoms with Crippen LogP contribution in [-0.4, -0.2) is 17.7 Å². The van der Waals surface area contributed by atoms with E-state index in [0.717, 1.165) is 6.42 Å². The number of nitrogens with one attached hydrogen (secondary N) is 1. The molecule has 0 aromatic rings. The summed E-state index contributed by atoms with van der Waals surface area (Å²) in [6, 6.07) is 0.0762. The van der Waals surface area contributed by atoms with E-state index < -0.39 is 5.60 Å². The van der Waals surface area contributed by atoms with Crippen LogP contribution in [0.5, 0.6) is 0 Å². The fourth-order valence-corrected chi connectivity index (χ4v) is 0.818. The van der Waals surface area contributed by atoms with Crippen molar-refractivity contribution in [1.82, 2.24) is 5.32 Å². The second-order valence-electron chi connectivity index (χ2n) is 4.07. The monoisotopic (exact) mass is 185 g/mol. The van der Waals surface area contributed by atoms with Gasteiger partial charge in [0.15, 0.2) is 0 Å². The minimum Gasteiger partial charge on any atom is -0.444 e. The molecule has 13 heavy (non-hydrogen) atoms. The molecule has 0 bridgehead atoms. The van der Waals surface area contributed by atoms with Gasteiger partial charge in [0.1, 0.15) is 5.60 Å². The number of amides is 1. The molecule has 0 aromatic heterocycles. The van der Waals surface area contributed by atoms with Crippen LogP contribution in [0.4, 0.5) is 4.79 Å². The van der Waals surface area contributed by atoms with Crippen molar-refractivity contribution in [1.29, 1.82) is 0 Å². The van der Waals surface area contributed by atoms with Gasteiger partial charge in [-0.25, -0.2) is 4.79 Å². The third kappa shape index (κ3) is 7.37. The third-order valence-corrected chi connectivity index (χ3v) is 1.28. The third-order valence-electron chi connectivity index (χ3n) is 1.28. The minimum atomic E-state index is -0.433. The van der Waals surface area contributed by atoms with E-state index in [0.29, 0.717) is 0 Å². The summed E-state index contributed by atoms with van der Waals surface area (Å²) >= 11 is 0. The van der Waals surface area contributed by atoms with Gasteiger partial charge in [0.25, 0.3) is 0 Å². The van der Waals surface area contributed by atoms with Crippen LogP contribution in [0.1, 0.15) is 34.1 Å². The first-order valence-electron chi connectivity index (χ1n) is 4.45. The topological polar surface area (TPSA) is 38.3 Å². The first-order chi connectivity index (χ1) is 5.85. The molecule has 0 unspecified atom stereocenters. The van der Waals surface area contributed by atoms with Crippen LogP contribution in [0.3, 0.4) is 0 Å². The SMILES string of the molecule is C=CC[C@H](C)NC(=O)OC(C)(C)C. The number of carbonyl (C=O) groups excluding carboxylic acids is 1. The quantitative estimate of drug-likeness (QED) is 0.686. The number of ether oxygens (including phenoxy) is 1. The molecule has 0 heterocycles. The highest BCUT2D eigenvalue weighted by Crippen LogP contribution is 2.06. The second-order valence-corrected chi connectivity index (χ2v) is 4.07. The van der Waals surface area contributed by atoms with Crippen molar-refractivity contribution in [3.05, 3.63) is 12.7 Å². The first-order valence-corrected chi connectivity index (χ1v) is 4.45. The summed E-state index contributed by atoms with van der Waals surface area (Å²) in [4.78, 5) is 11.2. The van der Waals surface area contributed by atoms with E-state index in [1.807, 2.05) is 27.7 Å². The van der Waals surface area contributed by atoms with Gasteiger partial charge in [-0.05, 0) is 34.1 Å². The molecule has 0 aliphatic rings. The fourth-order valence-electron chi connectivity index (χ4n) is 0.818. The van der Waals surface area contributed by atoms with Crippen molar-refractivity contribution >= 4 is 6.09 Å². The lowest BCUT2D eigenvalue weighted by molar-refractivity contribution is 0.0509. The molecule has 3 nitrogen and oxygen atoms in total. The van der Waals surface area contributed by atoms with E-state index in [1.165, 1.54) is 0 Å². The molecule has 0 fully saturated rings. The molecule has 0 saturated carbocycles. The van der Waals surface area contributed by atoms with Crippen LogP contribution < -0.4 is 5.32 Å². The fraction of sp³-hybridized carbons (Fsp3) is 0.700. The molecule has 0 aliphatic heterocycles. The molecule has 0 saturated heterocycles. The summed E-state index contributed by atoms with van der Waals surface area (Å²) in [7, 11) is 0. The standard InChI is InChI=1S/C10H19NO2/c1-6-7-8(2)11-9(12)13-10(3,4)5/h6,8H,1,7H2,2-5H3,(H,11,12)/t8-/m0/s1. The van der Waals surface area contributed by atoms with Crippen molar-refractivity contribution < 1.29 is 9.53 Å². The smallest absolute Gasteiger partial charge is 0.407 e. The summed E-state index contributed by atoms with van der Waals surface area (Å²) in [6.07, 6.45) is 2.14. The molecule has 1 atom stereocenters. The number of alkyl carbamates (subject to hydrolysis) is 1. The van der Waals surface area contributed by atoms with E-state index in [1.54, 1.807) is 6.08 Å². The number of rotatable bonds is 3. The molecule has 0 radical (unpaired) electrons. The van der Waals surface area contributed by atoms with Crippen molar-refractivity contribution in [3.8, 4) is 0 Å². The zero-order chi connectivity index (χ0) is 10.5. The Morgan fingerprint density at radius 1 is 1.62 bits per heavy atom. The summed E-state index contributed by atoms with van der Waals surface area (Å²) < 4.78 is 5.07. The van der Waals surface area contributed by atoms with Crippen LogP contribution in [0, 0.1) is 0 Å². The zero-order valence-electron chi connectivity index (χ0n) is 8.89. The second kappa shape index (κ2) is 4.90. The molecule has 0 aromatic carbocycles. The van der Waals surface area contributed by atoms with Crippen molar-refractivity contribution in [3.63, 3.8) is 0 Å². The predicted octanol–water partition coefficient (Wildman–Crippen LogP) is 2.48. The van der Waals surface area contributed by atoms with Crippen molar-refractivity contribution in [2.75, 3.05) is 0 Å². The molecule has 0 aliphatic carbocycles. The number of carbonyl (C=O) groups is 1. The maximum atomic E-state index is 11.2. The lowest BCUT2D eigenvalue weighted by atomic mass is 10.2. The summed E-state index contributed by atoms with van der Waals surface area (Å²) in [6.45, 7) is 11.0. The highest BCUT2D eigenvalue weighted by atomic mass is 16.6. The van der Waals surface area contributed by atoms with Gasteiger partial charge in [0, 0.05) is 6.04 Å². The van der Waals surface area contributed by atoms with Gasteiger partial charge in [-0.1, -0.05) is 6.08 Å². The molecule has 1 N–H and O–H groups in total. The van der Waals surface area contributed by atoms with E-state index in [-0.39, 0.29) is 12.1 Å². The van der Waals surface area contributed by atoms with E-state index in [4.69, 9.17) is 4.74 Å². The highest BCUT2D eigenvalue weighted by Gasteiger charge is 2.16. The number of hydrogen-bond donors (Lipinski definition) is 1. The highest BCUT2D eigenvalue weighted by molar-refractivity contribution is 5.68. The predicted molar refractivity (Wildman–Crippen MR) is 53.6 cm³/mol. The lowest BCUT2D eigenvalue weighted by Gasteiger charge is -2.21. The first kappa shape index (κ1) is 12.0. The number of hydrogen-bond acceptors (Lipinski definition) is 2. The van der Waals surface area contributed by atoms with Gasteiger partial charge in [-0.15, -0.1) is 6.58 Å². The molecule has 76 valence electrons. The Balaban J connectivity index is 3.81. The Hall–Kier alpha value is -0.990. The molecular weight excluding hydrogens is 166 g/mol. The molecule has 0 rings (SSSR count). The normalized spacial score (nSPS) is 13.2. The summed E-state index contributed by atoms with van der Waals surface area (Å²) in [5.74, 6) is 0. The van der Waals surface area contributed by atoms with Gasteiger partial charge in [-0.3, -0.25) is 0 Å². The Kier molecular flexibility index (Phi) is 4.52. The zero-order valence-corrected chi connectivity index (χ0v) is 8.89. The van der Waals surface area contributed by atoms with E-state index in [9.17, 15) is 4.79 Å². The van der Waals surface area contributed by atoms with Crippen molar-refractivity contribution in [2.45, 2.75) is 45.8 Å². The van der Waals surface area contributed by atoms with Gasteiger partial charge in [0.2, 0.25) is 0 Å². The lowest BCUT2D eigenvalue weighted by Crippen LogP contribution is -2.37. The van der Waals surface area contributed by atoms with Gasteiger partial charge < -0.3 is 10.1 Å². The van der Waals surface area contributed by atoms with Crippen LogP contribution in [0.2, 0.25) is 0 Å². The maximum Gasteiger partial charge on any atom is 0.407 e. The molecular formula is C10H19NO2. The minimum absolute atomic E-state index is 0.0762. The van der Waals surface area contributed by atoms with Gasteiger partial charge in [-0.2, -0.15) is 0 Å². The van der Waals surface area contributed by atoms with Crippen LogP contribution in [0.25, 0.3) is 0 Å². The average molecular weight is 185 g/mol. The average Bonchev–Trinajstić information content (AvgIpc) is 1.81. The Labute approximate surface area is 80.2 Å². The van der Waals surface area contributed by atoms with Crippen molar-refractivity contribution in [2.24, 2.45) is 0 Å². The van der Waals surface area contributed by atoms with Gasteiger partial charge >= 0.3 is 6.09 Å². The van der Waals surface area contributed by atoms with Gasteiger partial charge in [0.05, 0.1) is 0 Å². The Bertz CT molecular complexity index is 182. The molecule has 0 spiro atoms. The summed E-state index contributed by atoms with van der Waals surface area (Å²) in [5, 5.41) is 2.70. The largest absolute Gasteiger partial charge is 0.444 e. The Morgan fingerprint density at radius 3 is 2.54 bits per heavy atom. The van der Waals surface area contributed by atoms with E-state index in [2.05, 4.69) is 11.9 Å². The molecule has 3 heteroatoms. The van der Waals surface area contributed by atoms with Crippen LogP contribution >= 0.6 is 0 Å². The van der Waals surface area contributed by atoms with E-state index >= 15 is 0 Å². The maximum absolute atomic E-state index is 11.2. The molecule has 1 amide bonds. The summed E-state index contributed by atoms with van der Waals surface area (Å²) in [5.41, 5.74) is -0.433.